The van der Waals surface area contributed by atoms with Crippen molar-refractivity contribution in [2.24, 2.45) is 0 Å². The molecular formula is C9H13NO2S. The zero-order valence-corrected chi connectivity index (χ0v) is 8.90. The first-order valence-corrected chi connectivity index (χ1v) is 4.97. The molecule has 0 N–H and O–H groups in total. The van der Waals surface area contributed by atoms with Gasteiger partial charge in [-0.1, -0.05) is 0 Å². The highest BCUT2D eigenvalue weighted by atomic mass is 32.1. The molecule has 0 radical (unpaired) electrons. The average molecular weight is 199 g/mol. The number of thiazole rings is 1. The predicted octanol–water partition coefficient (Wildman–Crippen LogP) is 1.87. The Bertz CT molecular complexity index is 307. The van der Waals surface area contributed by atoms with E-state index in [1.165, 1.54) is 11.8 Å². The number of ether oxygens (including phenoxy) is 1. The van der Waals surface area contributed by atoms with E-state index in [9.17, 15) is 4.79 Å². The zero-order valence-electron chi connectivity index (χ0n) is 8.09. The molecule has 3 nitrogen and oxygen atoms in total. The van der Waals surface area contributed by atoms with Crippen LogP contribution in [0.4, 0.5) is 0 Å². The summed E-state index contributed by atoms with van der Waals surface area (Å²) in [4.78, 5) is 16.0. The number of hydrogen-bond donors (Lipinski definition) is 0. The van der Waals surface area contributed by atoms with Crippen LogP contribution in [0.2, 0.25) is 0 Å². The van der Waals surface area contributed by atoms with Gasteiger partial charge in [-0.05, 0) is 13.8 Å². The molecule has 0 aliphatic carbocycles. The molecule has 72 valence electrons. The van der Waals surface area contributed by atoms with E-state index >= 15 is 0 Å². The predicted molar refractivity (Wildman–Crippen MR) is 51.9 cm³/mol. The second-order valence-electron chi connectivity index (χ2n) is 2.83. The summed E-state index contributed by atoms with van der Waals surface area (Å²) in [5.41, 5.74) is 1.05. The van der Waals surface area contributed by atoms with Crippen molar-refractivity contribution in [2.75, 3.05) is 6.61 Å². The summed E-state index contributed by atoms with van der Waals surface area (Å²) in [6, 6.07) is 0. The molecule has 0 aromatic carbocycles. The molecule has 1 aromatic rings. The van der Waals surface area contributed by atoms with Crippen LogP contribution in [-0.2, 0) is 16.0 Å². The fourth-order valence-corrected chi connectivity index (χ4v) is 2.01. The third kappa shape index (κ3) is 3.14. The van der Waals surface area contributed by atoms with Crippen LogP contribution in [0, 0.1) is 13.8 Å². The fraction of sp³-hybridized carbons (Fsp3) is 0.556. The van der Waals surface area contributed by atoms with Gasteiger partial charge in [-0.15, -0.1) is 11.3 Å². The van der Waals surface area contributed by atoms with Gasteiger partial charge in [0, 0.05) is 18.2 Å². The summed E-state index contributed by atoms with van der Waals surface area (Å²) in [5, 5.41) is 1.07. The highest BCUT2D eigenvalue weighted by Gasteiger charge is 2.04. The van der Waals surface area contributed by atoms with E-state index in [2.05, 4.69) is 4.98 Å². The molecule has 0 saturated carbocycles. The second-order valence-corrected chi connectivity index (χ2v) is 4.12. The van der Waals surface area contributed by atoms with Gasteiger partial charge in [0.1, 0.15) is 0 Å². The van der Waals surface area contributed by atoms with Crippen LogP contribution in [0.25, 0.3) is 0 Å². The molecule has 0 bridgehead atoms. The van der Waals surface area contributed by atoms with Crippen LogP contribution in [0.15, 0.2) is 0 Å². The first-order chi connectivity index (χ1) is 6.09. The Hall–Kier alpha value is -0.900. The molecule has 1 rings (SSSR count). The fourth-order valence-electron chi connectivity index (χ4n) is 1.09. The molecule has 0 aliphatic heterocycles. The summed E-state index contributed by atoms with van der Waals surface area (Å²) < 4.78 is 4.85. The highest BCUT2D eigenvalue weighted by molar-refractivity contribution is 7.11. The lowest BCUT2D eigenvalue weighted by atomic mass is 10.3. The van der Waals surface area contributed by atoms with E-state index in [0.29, 0.717) is 6.61 Å². The maximum Gasteiger partial charge on any atom is 0.302 e. The number of rotatable bonds is 3. The topological polar surface area (TPSA) is 39.2 Å². The maximum atomic E-state index is 10.5. The average Bonchev–Trinajstić information content (AvgIpc) is 2.29. The number of nitrogens with zero attached hydrogens (tertiary/aromatic N) is 1. The molecule has 1 aromatic heterocycles. The number of carbonyl (C=O) groups is 1. The van der Waals surface area contributed by atoms with Crippen LogP contribution in [0.5, 0.6) is 0 Å². The van der Waals surface area contributed by atoms with Crippen molar-refractivity contribution < 1.29 is 9.53 Å². The minimum absolute atomic E-state index is 0.223. The standard InChI is InChI=1S/C9H13NO2S/c1-6-9(13-7(2)10-6)4-5-12-8(3)11/h4-5H2,1-3H3. The minimum atomic E-state index is -0.223. The van der Waals surface area contributed by atoms with E-state index in [1.54, 1.807) is 11.3 Å². The van der Waals surface area contributed by atoms with Crippen LogP contribution >= 0.6 is 11.3 Å². The molecule has 13 heavy (non-hydrogen) atoms. The van der Waals surface area contributed by atoms with Crippen LogP contribution < -0.4 is 0 Å². The highest BCUT2D eigenvalue weighted by Crippen LogP contribution is 2.17. The lowest BCUT2D eigenvalue weighted by molar-refractivity contribution is -0.140. The molecule has 0 aliphatic rings. The summed E-state index contributed by atoms with van der Waals surface area (Å²) in [5.74, 6) is -0.223. The van der Waals surface area contributed by atoms with Gasteiger partial charge in [-0.25, -0.2) is 4.98 Å². The minimum Gasteiger partial charge on any atom is -0.465 e. The van der Waals surface area contributed by atoms with Gasteiger partial charge >= 0.3 is 5.97 Å². The third-order valence-corrected chi connectivity index (χ3v) is 2.77. The molecule has 0 saturated heterocycles. The Morgan fingerprint density at radius 3 is 2.69 bits per heavy atom. The molecular weight excluding hydrogens is 186 g/mol. The van der Waals surface area contributed by atoms with E-state index in [0.717, 1.165) is 17.1 Å². The van der Waals surface area contributed by atoms with Crippen LogP contribution in [0.3, 0.4) is 0 Å². The van der Waals surface area contributed by atoms with Gasteiger partial charge in [0.05, 0.1) is 17.3 Å². The number of carbonyl (C=O) groups excluding carboxylic acids is 1. The Balaban J connectivity index is 2.45. The van der Waals surface area contributed by atoms with Gasteiger partial charge in [0.25, 0.3) is 0 Å². The summed E-state index contributed by atoms with van der Waals surface area (Å²) in [6.07, 6.45) is 0.775. The molecule has 0 atom stereocenters. The monoisotopic (exact) mass is 199 g/mol. The largest absolute Gasteiger partial charge is 0.465 e. The third-order valence-electron chi connectivity index (χ3n) is 1.63. The Kier molecular flexibility index (Phi) is 3.42. The van der Waals surface area contributed by atoms with Crippen molar-refractivity contribution in [3.05, 3.63) is 15.6 Å². The second kappa shape index (κ2) is 4.37. The van der Waals surface area contributed by atoms with Crippen molar-refractivity contribution >= 4 is 17.3 Å². The van der Waals surface area contributed by atoms with E-state index < -0.39 is 0 Å². The summed E-state index contributed by atoms with van der Waals surface area (Å²) >= 11 is 1.66. The SMILES string of the molecule is CC(=O)OCCc1sc(C)nc1C. The number of hydrogen-bond acceptors (Lipinski definition) is 4. The Morgan fingerprint density at radius 1 is 1.54 bits per heavy atom. The van der Waals surface area contributed by atoms with Crippen molar-refractivity contribution in [1.29, 1.82) is 0 Å². The van der Waals surface area contributed by atoms with Gasteiger partial charge in [-0.2, -0.15) is 0 Å². The zero-order chi connectivity index (χ0) is 9.84. The number of esters is 1. The first-order valence-electron chi connectivity index (χ1n) is 4.16. The molecule has 0 unspecified atom stereocenters. The normalized spacial score (nSPS) is 10.1. The molecule has 0 spiro atoms. The molecule has 4 heteroatoms. The molecule has 0 fully saturated rings. The van der Waals surface area contributed by atoms with Crippen LogP contribution in [0.1, 0.15) is 22.5 Å². The number of aryl methyl sites for hydroxylation is 2. The van der Waals surface area contributed by atoms with Crippen molar-refractivity contribution in [1.82, 2.24) is 4.98 Å². The first kappa shape index (κ1) is 10.2. The van der Waals surface area contributed by atoms with Crippen LogP contribution in [-0.4, -0.2) is 17.6 Å². The Labute approximate surface area is 81.8 Å². The molecule has 1 heterocycles. The lowest BCUT2D eigenvalue weighted by Crippen LogP contribution is -2.02. The van der Waals surface area contributed by atoms with E-state index in [4.69, 9.17) is 4.74 Å². The quantitative estimate of drug-likeness (QED) is 0.697. The summed E-state index contributed by atoms with van der Waals surface area (Å²) in [6.45, 7) is 5.84. The number of aromatic nitrogens is 1. The van der Waals surface area contributed by atoms with E-state index in [-0.39, 0.29) is 5.97 Å². The van der Waals surface area contributed by atoms with Crippen molar-refractivity contribution in [3.8, 4) is 0 Å². The van der Waals surface area contributed by atoms with Gasteiger partial charge in [0.15, 0.2) is 0 Å². The lowest BCUT2D eigenvalue weighted by Gasteiger charge is -1.99. The van der Waals surface area contributed by atoms with E-state index in [1.807, 2.05) is 13.8 Å². The van der Waals surface area contributed by atoms with Gasteiger partial charge in [0.2, 0.25) is 0 Å². The van der Waals surface area contributed by atoms with Gasteiger partial charge in [-0.3, -0.25) is 4.79 Å². The van der Waals surface area contributed by atoms with Crippen molar-refractivity contribution in [2.45, 2.75) is 27.2 Å². The molecule has 0 amide bonds. The maximum absolute atomic E-state index is 10.5. The smallest absolute Gasteiger partial charge is 0.302 e. The van der Waals surface area contributed by atoms with Crippen molar-refractivity contribution in [3.63, 3.8) is 0 Å². The summed E-state index contributed by atoms with van der Waals surface area (Å²) in [7, 11) is 0. The van der Waals surface area contributed by atoms with Gasteiger partial charge < -0.3 is 4.74 Å². The Morgan fingerprint density at radius 2 is 2.23 bits per heavy atom.